The van der Waals surface area contributed by atoms with Crippen molar-refractivity contribution in [3.8, 4) is 5.75 Å². The zero-order valence-corrected chi connectivity index (χ0v) is 13.7. The van der Waals surface area contributed by atoms with E-state index in [0.29, 0.717) is 27.8 Å². The topological polar surface area (TPSA) is 21.3 Å². The average Bonchev–Trinajstić information content (AvgIpc) is 2.46. The van der Waals surface area contributed by atoms with E-state index in [4.69, 9.17) is 27.9 Å². The SMILES string of the molecule is CCNc1cc(COc2c(Cl)cccc2Cl)cc(C(F)(F)F)c1. The molecule has 23 heavy (non-hydrogen) atoms. The van der Waals surface area contributed by atoms with Crippen LogP contribution in [0, 0.1) is 0 Å². The quantitative estimate of drug-likeness (QED) is 0.700. The van der Waals surface area contributed by atoms with E-state index in [0.717, 1.165) is 12.1 Å². The van der Waals surface area contributed by atoms with Crippen molar-refractivity contribution in [2.75, 3.05) is 11.9 Å². The van der Waals surface area contributed by atoms with E-state index in [1.165, 1.54) is 0 Å². The first kappa shape index (κ1) is 17.8. The fraction of sp³-hybridized carbons (Fsp3) is 0.250. The third kappa shape index (κ3) is 4.69. The molecular formula is C16H14Cl2F3NO. The predicted octanol–water partition coefficient (Wildman–Crippen LogP) is 6.02. The first-order valence-corrected chi connectivity index (χ1v) is 7.58. The van der Waals surface area contributed by atoms with E-state index in [1.807, 2.05) is 0 Å². The molecule has 2 rings (SSSR count). The maximum absolute atomic E-state index is 13.0. The molecule has 0 aliphatic carbocycles. The number of benzene rings is 2. The number of nitrogens with one attached hydrogen (secondary N) is 1. The van der Waals surface area contributed by atoms with E-state index in [1.54, 1.807) is 31.2 Å². The first-order chi connectivity index (χ1) is 10.8. The van der Waals surface area contributed by atoms with Gasteiger partial charge in [-0.15, -0.1) is 0 Å². The molecule has 2 aromatic carbocycles. The molecule has 0 saturated heterocycles. The second-order valence-electron chi connectivity index (χ2n) is 4.79. The minimum absolute atomic E-state index is 0.0776. The van der Waals surface area contributed by atoms with Gasteiger partial charge in [-0.25, -0.2) is 0 Å². The highest BCUT2D eigenvalue weighted by Gasteiger charge is 2.31. The van der Waals surface area contributed by atoms with Crippen LogP contribution < -0.4 is 10.1 Å². The molecule has 0 aliphatic heterocycles. The number of hydrogen-bond donors (Lipinski definition) is 1. The van der Waals surface area contributed by atoms with Crippen molar-refractivity contribution < 1.29 is 17.9 Å². The summed E-state index contributed by atoms with van der Waals surface area (Å²) in [5.41, 5.74) is 0.0118. The molecule has 0 amide bonds. The molecule has 0 aliphatic rings. The van der Waals surface area contributed by atoms with Crippen LogP contribution in [-0.4, -0.2) is 6.54 Å². The van der Waals surface area contributed by atoms with Crippen LogP contribution in [0.3, 0.4) is 0 Å². The van der Waals surface area contributed by atoms with Gasteiger partial charge in [0.25, 0.3) is 0 Å². The van der Waals surface area contributed by atoms with Gasteiger partial charge in [0.05, 0.1) is 15.6 Å². The summed E-state index contributed by atoms with van der Waals surface area (Å²) in [5.74, 6) is 0.248. The number of hydrogen-bond acceptors (Lipinski definition) is 2. The zero-order chi connectivity index (χ0) is 17.0. The highest BCUT2D eigenvalue weighted by Crippen LogP contribution is 2.35. The standard InChI is InChI=1S/C16H14Cl2F3NO/c1-2-22-12-7-10(6-11(8-12)16(19,20)21)9-23-15-13(17)4-3-5-14(15)18/h3-8,22H,2,9H2,1H3. The van der Waals surface area contributed by atoms with Gasteiger partial charge >= 0.3 is 6.18 Å². The van der Waals surface area contributed by atoms with Crippen LogP contribution >= 0.6 is 23.2 Å². The van der Waals surface area contributed by atoms with E-state index in [2.05, 4.69) is 5.32 Å². The summed E-state index contributed by atoms with van der Waals surface area (Å²) in [6.07, 6.45) is -4.43. The molecule has 0 heterocycles. The molecule has 0 saturated carbocycles. The third-order valence-electron chi connectivity index (χ3n) is 3.00. The van der Waals surface area contributed by atoms with E-state index in [9.17, 15) is 13.2 Å². The second-order valence-corrected chi connectivity index (χ2v) is 5.60. The number of anilines is 1. The molecule has 0 aromatic heterocycles. The summed E-state index contributed by atoms with van der Waals surface area (Å²) in [5, 5.41) is 3.48. The van der Waals surface area contributed by atoms with E-state index >= 15 is 0 Å². The lowest BCUT2D eigenvalue weighted by molar-refractivity contribution is -0.137. The average molecular weight is 364 g/mol. The maximum atomic E-state index is 13.0. The normalized spacial score (nSPS) is 11.4. The summed E-state index contributed by atoms with van der Waals surface area (Å²) >= 11 is 12.0. The third-order valence-corrected chi connectivity index (χ3v) is 3.60. The van der Waals surface area contributed by atoms with Gasteiger partial charge < -0.3 is 10.1 Å². The number of rotatable bonds is 5. The van der Waals surface area contributed by atoms with Crippen LogP contribution in [-0.2, 0) is 12.8 Å². The lowest BCUT2D eigenvalue weighted by Gasteiger charge is -2.14. The fourth-order valence-electron chi connectivity index (χ4n) is 2.02. The summed E-state index contributed by atoms with van der Waals surface area (Å²) in [7, 11) is 0. The highest BCUT2D eigenvalue weighted by atomic mass is 35.5. The summed E-state index contributed by atoms with van der Waals surface area (Å²) in [4.78, 5) is 0. The Kier molecular flexibility index (Phi) is 5.65. The van der Waals surface area contributed by atoms with Gasteiger partial charge in [0.15, 0.2) is 5.75 Å². The smallest absolute Gasteiger partial charge is 0.416 e. The Labute approximate surface area is 142 Å². The number of alkyl halides is 3. The van der Waals surface area contributed by atoms with Gasteiger partial charge in [0, 0.05) is 12.2 Å². The summed E-state index contributed by atoms with van der Waals surface area (Å²) in [6, 6.07) is 8.56. The molecule has 0 fully saturated rings. The summed E-state index contributed by atoms with van der Waals surface area (Å²) in [6.45, 7) is 2.24. The second kappa shape index (κ2) is 7.32. The van der Waals surface area contributed by atoms with Crippen LogP contribution in [0.25, 0.3) is 0 Å². The number of ether oxygens (including phenoxy) is 1. The molecule has 0 spiro atoms. The molecule has 0 radical (unpaired) electrons. The van der Waals surface area contributed by atoms with Crippen LogP contribution in [0.4, 0.5) is 18.9 Å². The Morgan fingerprint density at radius 1 is 1.09 bits per heavy atom. The van der Waals surface area contributed by atoms with Crippen LogP contribution in [0.1, 0.15) is 18.1 Å². The number of para-hydroxylation sites is 1. The van der Waals surface area contributed by atoms with E-state index in [-0.39, 0.29) is 12.4 Å². The fourth-order valence-corrected chi connectivity index (χ4v) is 2.53. The lowest BCUT2D eigenvalue weighted by Crippen LogP contribution is -2.09. The van der Waals surface area contributed by atoms with Crippen molar-refractivity contribution in [1.82, 2.24) is 0 Å². The van der Waals surface area contributed by atoms with Crippen LogP contribution in [0.15, 0.2) is 36.4 Å². The van der Waals surface area contributed by atoms with E-state index < -0.39 is 11.7 Å². The maximum Gasteiger partial charge on any atom is 0.416 e. The minimum Gasteiger partial charge on any atom is -0.486 e. The molecule has 0 atom stereocenters. The largest absolute Gasteiger partial charge is 0.486 e. The molecular weight excluding hydrogens is 350 g/mol. The van der Waals surface area contributed by atoms with Crippen LogP contribution in [0.5, 0.6) is 5.75 Å². The molecule has 0 bridgehead atoms. The van der Waals surface area contributed by atoms with Gasteiger partial charge in [-0.05, 0) is 42.8 Å². The Hall–Kier alpha value is -1.59. The molecule has 1 N–H and O–H groups in total. The molecule has 0 unspecified atom stereocenters. The monoisotopic (exact) mass is 363 g/mol. The van der Waals surface area contributed by atoms with Crippen molar-refractivity contribution in [2.24, 2.45) is 0 Å². The zero-order valence-electron chi connectivity index (χ0n) is 12.2. The molecule has 2 nitrogen and oxygen atoms in total. The van der Waals surface area contributed by atoms with Crippen molar-refractivity contribution >= 4 is 28.9 Å². The Morgan fingerprint density at radius 2 is 1.74 bits per heavy atom. The van der Waals surface area contributed by atoms with Gasteiger partial charge in [0.1, 0.15) is 6.61 Å². The predicted molar refractivity (Wildman–Crippen MR) is 86.4 cm³/mol. The molecule has 124 valence electrons. The van der Waals surface area contributed by atoms with Crippen molar-refractivity contribution in [2.45, 2.75) is 19.7 Å². The van der Waals surface area contributed by atoms with Gasteiger partial charge in [-0.2, -0.15) is 13.2 Å². The minimum atomic E-state index is -4.43. The Morgan fingerprint density at radius 3 is 2.30 bits per heavy atom. The van der Waals surface area contributed by atoms with Crippen LogP contribution in [0.2, 0.25) is 10.0 Å². The van der Waals surface area contributed by atoms with Gasteiger partial charge in [0.2, 0.25) is 0 Å². The van der Waals surface area contributed by atoms with Crippen molar-refractivity contribution in [3.63, 3.8) is 0 Å². The Balaban J connectivity index is 2.27. The molecule has 2 aromatic rings. The lowest BCUT2D eigenvalue weighted by atomic mass is 10.1. The highest BCUT2D eigenvalue weighted by molar-refractivity contribution is 6.37. The first-order valence-electron chi connectivity index (χ1n) is 6.83. The van der Waals surface area contributed by atoms with Gasteiger partial charge in [-0.3, -0.25) is 0 Å². The summed E-state index contributed by atoms with van der Waals surface area (Å²) < 4.78 is 44.4. The van der Waals surface area contributed by atoms with Crippen molar-refractivity contribution in [1.29, 1.82) is 0 Å². The van der Waals surface area contributed by atoms with Gasteiger partial charge in [-0.1, -0.05) is 29.3 Å². The molecule has 7 heteroatoms. The number of halogens is 5. The van der Waals surface area contributed by atoms with Crippen molar-refractivity contribution in [3.05, 3.63) is 57.6 Å². The Bertz CT molecular complexity index is 669.